The van der Waals surface area contributed by atoms with Crippen LogP contribution in [0.1, 0.15) is 38.5 Å². The van der Waals surface area contributed by atoms with E-state index in [-0.39, 0.29) is 12.1 Å². The number of aliphatic carboxylic acids is 1. The van der Waals surface area contributed by atoms with Crippen molar-refractivity contribution in [1.29, 1.82) is 0 Å². The van der Waals surface area contributed by atoms with Gasteiger partial charge in [0, 0.05) is 32.4 Å². The third-order valence-corrected chi connectivity index (χ3v) is 4.92. The molecule has 0 amide bonds. The Morgan fingerprint density at radius 3 is 2.60 bits per heavy atom. The number of carboxylic acid groups (broad SMARTS) is 1. The normalized spacial score (nSPS) is 29.8. The van der Waals surface area contributed by atoms with E-state index in [1.165, 1.54) is 12.8 Å². The molecule has 5 nitrogen and oxygen atoms in total. The van der Waals surface area contributed by atoms with Gasteiger partial charge < -0.3 is 14.6 Å². The van der Waals surface area contributed by atoms with Crippen molar-refractivity contribution < 1.29 is 19.4 Å². The van der Waals surface area contributed by atoms with Crippen LogP contribution in [-0.4, -0.2) is 60.5 Å². The topological polar surface area (TPSA) is 59.0 Å². The van der Waals surface area contributed by atoms with Gasteiger partial charge in [0.2, 0.25) is 0 Å². The minimum absolute atomic E-state index is 0.0541. The van der Waals surface area contributed by atoms with Crippen molar-refractivity contribution in [2.24, 2.45) is 5.92 Å². The van der Waals surface area contributed by atoms with E-state index in [0.717, 1.165) is 58.0 Å². The van der Waals surface area contributed by atoms with Crippen LogP contribution in [0, 0.1) is 5.92 Å². The fourth-order valence-corrected chi connectivity index (χ4v) is 3.55. The van der Waals surface area contributed by atoms with E-state index in [2.05, 4.69) is 4.90 Å². The van der Waals surface area contributed by atoms with Crippen molar-refractivity contribution in [2.75, 3.05) is 32.9 Å². The molecule has 0 bridgehead atoms. The summed E-state index contributed by atoms with van der Waals surface area (Å²) in [6.07, 6.45) is 6.36. The second-order valence-corrected chi connectivity index (χ2v) is 6.56. The molecular formula is C15H25NO4. The summed E-state index contributed by atoms with van der Waals surface area (Å²) in [5, 5.41) is 9.16. The van der Waals surface area contributed by atoms with E-state index in [4.69, 9.17) is 14.6 Å². The molecule has 0 aromatic carbocycles. The van der Waals surface area contributed by atoms with Crippen molar-refractivity contribution in [3.8, 4) is 0 Å². The Kier molecular flexibility index (Phi) is 4.29. The molecule has 114 valence electrons. The molecule has 3 aliphatic rings. The second kappa shape index (κ2) is 6.00. The Morgan fingerprint density at radius 2 is 1.95 bits per heavy atom. The van der Waals surface area contributed by atoms with Crippen LogP contribution in [-0.2, 0) is 14.3 Å². The SMILES string of the molecule is O=C(O)CN(CC1CC1)C1CCOC2(CCOCC2)C1. The number of carbonyl (C=O) groups is 1. The maximum Gasteiger partial charge on any atom is 0.317 e. The molecule has 1 unspecified atom stereocenters. The number of ether oxygens (including phenoxy) is 2. The zero-order chi connectivity index (χ0) is 14.0. The van der Waals surface area contributed by atoms with E-state index < -0.39 is 5.97 Å². The predicted octanol–water partition coefficient (Wildman–Crippen LogP) is 1.51. The van der Waals surface area contributed by atoms with Gasteiger partial charge in [-0.2, -0.15) is 0 Å². The maximum absolute atomic E-state index is 11.1. The molecule has 5 heteroatoms. The van der Waals surface area contributed by atoms with Gasteiger partial charge in [-0.3, -0.25) is 9.69 Å². The van der Waals surface area contributed by atoms with E-state index >= 15 is 0 Å². The zero-order valence-electron chi connectivity index (χ0n) is 12.1. The van der Waals surface area contributed by atoms with Crippen molar-refractivity contribution >= 4 is 5.97 Å². The van der Waals surface area contributed by atoms with Gasteiger partial charge in [0.05, 0.1) is 12.1 Å². The lowest BCUT2D eigenvalue weighted by Gasteiger charge is -2.46. The number of hydrogen-bond acceptors (Lipinski definition) is 4. The number of hydrogen-bond donors (Lipinski definition) is 1. The summed E-state index contributed by atoms with van der Waals surface area (Å²) in [5.41, 5.74) is -0.0541. The van der Waals surface area contributed by atoms with Crippen molar-refractivity contribution in [3.05, 3.63) is 0 Å². The van der Waals surface area contributed by atoms with Crippen LogP contribution in [0.5, 0.6) is 0 Å². The highest BCUT2D eigenvalue weighted by molar-refractivity contribution is 5.69. The molecule has 1 aliphatic carbocycles. The first-order valence-corrected chi connectivity index (χ1v) is 7.84. The largest absolute Gasteiger partial charge is 0.480 e. The third-order valence-electron chi connectivity index (χ3n) is 4.92. The van der Waals surface area contributed by atoms with E-state index in [1.807, 2.05) is 0 Å². The van der Waals surface area contributed by atoms with Gasteiger partial charge in [-0.25, -0.2) is 0 Å². The number of carboxylic acids is 1. The van der Waals surface area contributed by atoms with E-state index in [0.29, 0.717) is 6.04 Å². The molecule has 1 saturated carbocycles. The van der Waals surface area contributed by atoms with Crippen LogP contribution in [0.15, 0.2) is 0 Å². The minimum atomic E-state index is -0.710. The quantitative estimate of drug-likeness (QED) is 0.829. The standard InChI is InChI=1S/C15H25NO4/c17-14(18)11-16(10-12-1-2-12)13-3-6-20-15(9-13)4-7-19-8-5-15/h12-13H,1-11H2,(H,17,18). The zero-order valence-corrected chi connectivity index (χ0v) is 12.1. The molecule has 2 aliphatic heterocycles. The first kappa shape index (κ1) is 14.3. The minimum Gasteiger partial charge on any atom is -0.480 e. The average Bonchev–Trinajstić information content (AvgIpc) is 3.22. The lowest BCUT2D eigenvalue weighted by atomic mass is 9.83. The molecule has 0 aromatic rings. The summed E-state index contributed by atoms with van der Waals surface area (Å²) in [6, 6.07) is 0.360. The lowest BCUT2D eigenvalue weighted by molar-refractivity contribution is -0.156. The van der Waals surface area contributed by atoms with Crippen molar-refractivity contribution in [2.45, 2.75) is 50.2 Å². The third kappa shape index (κ3) is 3.51. The van der Waals surface area contributed by atoms with Gasteiger partial charge >= 0.3 is 5.97 Å². The fraction of sp³-hybridized carbons (Fsp3) is 0.933. The maximum atomic E-state index is 11.1. The Hall–Kier alpha value is -0.650. The summed E-state index contributed by atoms with van der Waals surface area (Å²) < 4.78 is 11.5. The summed E-state index contributed by atoms with van der Waals surface area (Å²) in [7, 11) is 0. The monoisotopic (exact) mass is 283 g/mol. The van der Waals surface area contributed by atoms with E-state index in [9.17, 15) is 4.79 Å². The highest BCUT2D eigenvalue weighted by Crippen LogP contribution is 2.37. The molecule has 2 heterocycles. The predicted molar refractivity (Wildman–Crippen MR) is 73.7 cm³/mol. The molecule has 3 rings (SSSR count). The van der Waals surface area contributed by atoms with Gasteiger partial charge in [0.15, 0.2) is 0 Å². The number of nitrogens with zero attached hydrogens (tertiary/aromatic N) is 1. The van der Waals surface area contributed by atoms with Crippen molar-refractivity contribution in [1.82, 2.24) is 4.90 Å². The molecular weight excluding hydrogens is 258 g/mol. The van der Waals surface area contributed by atoms with Gasteiger partial charge in [0.25, 0.3) is 0 Å². The highest BCUT2D eigenvalue weighted by Gasteiger charge is 2.41. The molecule has 1 spiro atoms. The second-order valence-electron chi connectivity index (χ2n) is 6.56. The molecule has 3 fully saturated rings. The van der Waals surface area contributed by atoms with Crippen LogP contribution < -0.4 is 0 Å². The molecule has 0 aromatic heterocycles. The molecule has 20 heavy (non-hydrogen) atoms. The molecule has 2 saturated heterocycles. The first-order chi connectivity index (χ1) is 9.67. The Balaban J connectivity index is 1.64. The van der Waals surface area contributed by atoms with E-state index in [1.54, 1.807) is 0 Å². The molecule has 0 radical (unpaired) electrons. The summed E-state index contributed by atoms with van der Waals surface area (Å²) >= 11 is 0. The van der Waals surface area contributed by atoms with Crippen LogP contribution in [0.3, 0.4) is 0 Å². The first-order valence-electron chi connectivity index (χ1n) is 7.84. The van der Waals surface area contributed by atoms with Gasteiger partial charge in [-0.1, -0.05) is 0 Å². The molecule has 1 N–H and O–H groups in total. The lowest BCUT2D eigenvalue weighted by Crippen LogP contribution is -2.52. The Labute approximate surface area is 120 Å². The smallest absolute Gasteiger partial charge is 0.317 e. The van der Waals surface area contributed by atoms with Gasteiger partial charge in [0.1, 0.15) is 0 Å². The highest BCUT2D eigenvalue weighted by atomic mass is 16.5. The van der Waals surface area contributed by atoms with Crippen LogP contribution >= 0.6 is 0 Å². The Bertz CT molecular complexity index is 344. The summed E-state index contributed by atoms with van der Waals surface area (Å²) in [5.74, 6) is 0.0148. The Morgan fingerprint density at radius 1 is 1.20 bits per heavy atom. The average molecular weight is 283 g/mol. The number of rotatable bonds is 5. The van der Waals surface area contributed by atoms with Gasteiger partial charge in [-0.05, 0) is 44.4 Å². The summed E-state index contributed by atoms with van der Waals surface area (Å²) in [4.78, 5) is 13.3. The van der Waals surface area contributed by atoms with Gasteiger partial charge in [-0.15, -0.1) is 0 Å². The van der Waals surface area contributed by atoms with Crippen molar-refractivity contribution in [3.63, 3.8) is 0 Å². The fourth-order valence-electron chi connectivity index (χ4n) is 3.55. The van der Waals surface area contributed by atoms with Crippen LogP contribution in [0.4, 0.5) is 0 Å². The summed E-state index contributed by atoms with van der Waals surface area (Å²) in [6.45, 7) is 3.42. The van der Waals surface area contributed by atoms with Crippen LogP contribution in [0.25, 0.3) is 0 Å². The molecule has 1 atom stereocenters. The van der Waals surface area contributed by atoms with Crippen LogP contribution in [0.2, 0.25) is 0 Å².